The van der Waals surface area contributed by atoms with Gasteiger partial charge >= 0.3 is 5.69 Å². The Bertz CT molecular complexity index is 747. The highest BCUT2D eigenvalue weighted by molar-refractivity contribution is 5.51. The molecule has 4 atom stereocenters. The first-order valence-electron chi connectivity index (χ1n) is 7.44. The summed E-state index contributed by atoms with van der Waals surface area (Å²) in [4.78, 5) is 16.1. The first-order chi connectivity index (χ1) is 9.72. The van der Waals surface area contributed by atoms with Gasteiger partial charge in [-0.1, -0.05) is 0 Å². The minimum atomic E-state index is -0.224. The quantitative estimate of drug-likeness (QED) is 0.860. The molecule has 0 amide bonds. The fourth-order valence-electron chi connectivity index (χ4n) is 4.86. The van der Waals surface area contributed by atoms with Gasteiger partial charge in [0, 0.05) is 12.1 Å². The lowest BCUT2D eigenvalue weighted by Gasteiger charge is -2.11. The van der Waals surface area contributed by atoms with Gasteiger partial charge in [0.15, 0.2) is 5.65 Å². The van der Waals surface area contributed by atoms with E-state index in [0.29, 0.717) is 17.5 Å². The van der Waals surface area contributed by atoms with Crippen molar-refractivity contribution in [2.45, 2.75) is 32.2 Å². The topological polar surface area (TPSA) is 75.1 Å². The molecule has 6 heteroatoms. The van der Waals surface area contributed by atoms with Crippen LogP contribution in [0.5, 0.6) is 0 Å². The average molecular weight is 271 g/mol. The van der Waals surface area contributed by atoms with Crippen molar-refractivity contribution in [2.75, 3.05) is 5.32 Å². The first-order valence-corrected chi connectivity index (χ1v) is 7.44. The Hall–Kier alpha value is -1.85. The van der Waals surface area contributed by atoms with Crippen LogP contribution in [-0.2, 0) is 0 Å². The number of aromatic nitrogens is 4. The number of nitrogens with one attached hydrogen (secondary N) is 2. The van der Waals surface area contributed by atoms with E-state index in [4.69, 9.17) is 0 Å². The van der Waals surface area contributed by atoms with Crippen LogP contribution in [0.15, 0.2) is 10.9 Å². The Morgan fingerprint density at radius 3 is 2.85 bits per heavy atom. The van der Waals surface area contributed by atoms with Crippen LogP contribution in [0.2, 0.25) is 0 Å². The maximum atomic E-state index is 11.6. The van der Waals surface area contributed by atoms with E-state index in [1.165, 1.54) is 23.7 Å². The summed E-state index contributed by atoms with van der Waals surface area (Å²) in [5.74, 6) is 5.16. The van der Waals surface area contributed by atoms with Crippen LogP contribution < -0.4 is 11.0 Å². The van der Waals surface area contributed by atoms with Gasteiger partial charge in [0.1, 0.15) is 11.6 Å². The molecule has 6 nitrogen and oxygen atoms in total. The van der Waals surface area contributed by atoms with E-state index in [0.717, 1.165) is 29.5 Å². The van der Waals surface area contributed by atoms with Gasteiger partial charge in [-0.15, -0.1) is 0 Å². The number of aryl methyl sites for hydroxylation is 1. The summed E-state index contributed by atoms with van der Waals surface area (Å²) >= 11 is 0. The number of H-pyrrole nitrogens is 1. The van der Waals surface area contributed by atoms with E-state index < -0.39 is 0 Å². The fourth-order valence-corrected chi connectivity index (χ4v) is 4.86. The minimum absolute atomic E-state index is 0.224. The molecule has 2 N–H and O–H groups in total. The highest BCUT2D eigenvalue weighted by Gasteiger charge is 2.65. The third kappa shape index (κ3) is 1.26. The van der Waals surface area contributed by atoms with Crippen molar-refractivity contribution in [1.29, 1.82) is 0 Å². The SMILES string of the molecule is Cc1nc(NC2C3C4CCC(C4)C23)cc2n[nH]c(=O)n12. The number of aromatic amines is 1. The third-order valence-corrected chi connectivity index (χ3v) is 5.62. The highest BCUT2D eigenvalue weighted by atomic mass is 16.1. The minimum Gasteiger partial charge on any atom is -0.367 e. The Labute approximate surface area is 115 Å². The van der Waals surface area contributed by atoms with Gasteiger partial charge in [-0.05, 0) is 49.9 Å². The van der Waals surface area contributed by atoms with Crippen LogP contribution in [0.4, 0.5) is 5.82 Å². The van der Waals surface area contributed by atoms with E-state index in [1.54, 1.807) is 0 Å². The van der Waals surface area contributed by atoms with Crippen molar-refractivity contribution in [3.8, 4) is 0 Å². The lowest BCUT2D eigenvalue weighted by molar-refractivity contribution is 0.456. The van der Waals surface area contributed by atoms with Crippen LogP contribution in [0, 0.1) is 30.6 Å². The second-order valence-electron chi connectivity index (χ2n) is 6.57. The summed E-state index contributed by atoms with van der Waals surface area (Å²) in [6, 6.07) is 2.46. The van der Waals surface area contributed by atoms with Crippen molar-refractivity contribution in [1.82, 2.24) is 19.6 Å². The molecule has 3 aliphatic rings. The standard InChI is InChI=1S/C14H17N5O/c1-6-15-9(5-10-17-18-14(20)19(6)10)16-13-11-7-2-3-8(4-7)12(11)13/h5,7-8,11-13,16H,2-4H2,1H3,(H,18,20). The Morgan fingerprint density at radius 2 is 2.10 bits per heavy atom. The maximum absolute atomic E-state index is 11.6. The molecule has 0 radical (unpaired) electrons. The number of hydrogen-bond acceptors (Lipinski definition) is 4. The number of hydrogen-bond donors (Lipinski definition) is 2. The summed E-state index contributed by atoms with van der Waals surface area (Å²) in [6.45, 7) is 1.84. The summed E-state index contributed by atoms with van der Waals surface area (Å²) in [5.41, 5.74) is 0.414. The van der Waals surface area contributed by atoms with Gasteiger partial charge in [-0.25, -0.2) is 19.3 Å². The normalized spacial score (nSPS) is 37.4. The molecule has 0 aliphatic heterocycles. The van der Waals surface area contributed by atoms with Gasteiger partial charge in [0.2, 0.25) is 0 Å². The zero-order chi connectivity index (χ0) is 13.4. The number of nitrogens with zero attached hydrogens (tertiary/aromatic N) is 3. The predicted octanol–water partition coefficient (Wildman–Crippen LogP) is 1.18. The highest BCUT2D eigenvalue weighted by Crippen LogP contribution is 2.66. The van der Waals surface area contributed by atoms with Gasteiger partial charge in [-0.3, -0.25) is 0 Å². The third-order valence-electron chi connectivity index (χ3n) is 5.62. The molecule has 2 aromatic heterocycles. The van der Waals surface area contributed by atoms with E-state index in [1.807, 2.05) is 13.0 Å². The smallest absolute Gasteiger partial charge is 0.349 e. The van der Waals surface area contributed by atoms with Crippen LogP contribution in [0.3, 0.4) is 0 Å². The molecule has 0 saturated heterocycles. The second kappa shape index (κ2) is 3.42. The zero-order valence-corrected chi connectivity index (χ0v) is 11.3. The molecule has 4 unspecified atom stereocenters. The molecule has 0 spiro atoms. The van der Waals surface area contributed by atoms with Crippen molar-refractivity contribution in [3.05, 3.63) is 22.4 Å². The van der Waals surface area contributed by atoms with Crippen molar-refractivity contribution in [3.63, 3.8) is 0 Å². The molecular formula is C14H17N5O. The van der Waals surface area contributed by atoms with Crippen molar-refractivity contribution >= 4 is 11.5 Å². The molecule has 5 rings (SSSR count). The van der Waals surface area contributed by atoms with E-state index in [2.05, 4.69) is 20.5 Å². The molecule has 2 bridgehead atoms. The molecular weight excluding hydrogens is 254 g/mol. The first kappa shape index (κ1) is 10.9. The van der Waals surface area contributed by atoms with Gasteiger partial charge in [0.25, 0.3) is 0 Å². The summed E-state index contributed by atoms with van der Waals surface area (Å²) in [6.07, 6.45) is 4.29. The monoisotopic (exact) mass is 271 g/mol. The molecule has 3 aliphatic carbocycles. The van der Waals surface area contributed by atoms with E-state index >= 15 is 0 Å². The lowest BCUT2D eigenvalue weighted by Crippen LogP contribution is -2.17. The number of rotatable bonds is 2. The van der Waals surface area contributed by atoms with Gasteiger partial charge in [-0.2, -0.15) is 5.10 Å². The zero-order valence-electron chi connectivity index (χ0n) is 11.3. The molecule has 0 aromatic carbocycles. The Morgan fingerprint density at radius 1 is 1.35 bits per heavy atom. The lowest BCUT2D eigenvalue weighted by atomic mass is 10.0. The van der Waals surface area contributed by atoms with Crippen molar-refractivity contribution < 1.29 is 0 Å². The van der Waals surface area contributed by atoms with E-state index in [-0.39, 0.29) is 5.69 Å². The molecule has 3 fully saturated rings. The maximum Gasteiger partial charge on any atom is 0.349 e. The molecule has 20 heavy (non-hydrogen) atoms. The molecule has 2 aromatic rings. The van der Waals surface area contributed by atoms with Crippen LogP contribution in [-0.4, -0.2) is 25.6 Å². The van der Waals surface area contributed by atoms with E-state index in [9.17, 15) is 4.79 Å². The predicted molar refractivity (Wildman–Crippen MR) is 73.6 cm³/mol. The van der Waals surface area contributed by atoms with Gasteiger partial charge in [0.05, 0.1) is 0 Å². The summed E-state index contributed by atoms with van der Waals surface area (Å²) in [7, 11) is 0. The molecule has 2 heterocycles. The molecule has 104 valence electrons. The molecule has 3 saturated carbocycles. The summed E-state index contributed by atoms with van der Waals surface area (Å²) in [5, 5.41) is 10.1. The van der Waals surface area contributed by atoms with Crippen molar-refractivity contribution in [2.24, 2.45) is 23.7 Å². The van der Waals surface area contributed by atoms with Crippen LogP contribution >= 0.6 is 0 Å². The van der Waals surface area contributed by atoms with Crippen LogP contribution in [0.25, 0.3) is 5.65 Å². The summed E-state index contributed by atoms with van der Waals surface area (Å²) < 4.78 is 1.50. The fraction of sp³-hybridized carbons (Fsp3) is 0.643. The number of fused-ring (bicyclic) bond motifs is 6. The number of anilines is 1. The van der Waals surface area contributed by atoms with Gasteiger partial charge < -0.3 is 5.32 Å². The Kier molecular flexibility index (Phi) is 1.86. The van der Waals surface area contributed by atoms with Crippen LogP contribution in [0.1, 0.15) is 25.1 Å². The average Bonchev–Trinajstić information content (AvgIpc) is 2.81. The Balaban J connectivity index is 1.47. The second-order valence-corrected chi connectivity index (χ2v) is 6.57. The largest absolute Gasteiger partial charge is 0.367 e.